The summed E-state index contributed by atoms with van der Waals surface area (Å²) in [5, 5.41) is 12.7. The first kappa shape index (κ1) is 26.9. The van der Waals surface area contributed by atoms with E-state index >= 15 is 0 Å². The fraction of sp³-hybridized carbons (Fsp3) is 0.0222. The summed E-state index contributed by atoms with van der Waals surface area (Å²) >= 11 is 0. The van der Waals surface area contributed by atoms with Gasteiger partial charge in [-0.05, 0) is 113 Å². The lowest BCUT2D eigenvalue weighted by molar-refractivity contribution is 1.11. The molecule has 0 aliphatic heterocycles. The van der Waals surface area contributed by atoms with Gasteiger partial charge in [-0.1, -0.05) is 115 Å². The molecule has 0 bridgehead atoms. The SMILES string of the molecule is Cc1cccc2ccc3cccc(-c4cccc5ccc6cc(-c7ccc8cc(-c9cn%10cccnc%10n9)ccc8c7)ccc6c45)c3c12. The number of hydrogen-bond acceptors (Lipinski definition) is 2. The van der Waals surface area contributed by atoms with Crippen molar-refractivity contribution in [3.8, 4) is 33.5 Å². The molecule has 10 rings (SSSR count). The molecule has 224 valence electrons. The normalized spacial score (nSPS) is 11.9. The molecule has 0 radical (unpaired) electrons. The average Bonchev–Trinajstić information content (AvgIpc) is 3.58. The van der Waals surface area contributed by atoms with Gasteiger partial charge < -0.3 is 0 Å². The van der Waals surface area contributed by atoms with Crippen LogP contribution >= 0.6 is 0 Å². The molecule has 48 heavy (non-hydrogen) atoms. The molecule has 0 saturated heterocycles. The van der Waals surface area contributed by atoms with Gasteiger partial charge >= 0.3 is 0 Å². The Balaban J connectivity index is 1.10. The van der Waals surface area contributed by atoms with E-state index in [9.17, 15) is 0 Å². The fourth-order valence-corrected chi connectivity index (χ4v) is 7.64. The van der Waals surface area contributed by atoms with Crippen LogP contribution in [-0.2, 0) is 0 Å². The lowest BCUT2D eigenvalue weighted by Gasteiger charge is -2.16. The molecule has 0 unspecified atom stereocenters. The Morgan fingerprint density at radius 3 is 1.83 bits per heavy atom. The first-order valence-corrected chi connectivity index (χ1v) is 16.4. The molecule has 2 aromatic heterocycles. The second-order valence-electron chi connectivity index (χ2n) is 12.8. The van der Waals surface area contributed by atoms with Crippen molar-refractivity contribution in [3.05, 3.63) is 164 Å². The zero-order valence-corrected chi connectivity index (χ0v) is 26.4. The number of fused-ring (bicyclic) bond motifs is 8. The summed E-state index contributed by atoms with van der Waals surface area (Å²) in [7, 11) is 0. The highest BCUT2D eigenvalue weighted by molar-refractivity contribution is 6.21. The van der Waals surface area contributed by atoms with Gasteiger partial charge in [0.1, 0.15) is 0 Å². The van der Waals surface area contributed by atoms with Gasteiger partial charge in [0.05, 0.1) is 5.69 Å². The summed E-state index contributed by atoms with van der Waals surface area (Å²) in [6, 6.07) is 51.3. The maximum atomic E-state index is 4.71. The monoisotopic (exact) mass is 611 g/mol. The van der Waals surface area contributed by atoms with Gasteiger partial charge in [-0.25, -0.2) is 9.97 Å². The molecule has 0 aliphatic carbocycles. The zero-order valence-electron chi connectivity index (χ0n) is 26.4. The standard InChI is InChI=1S/C45H29N3/c1-28-6-2-7-29-12-13-31-9-4-11-40(44(31)42(28)29)39-10-3-8-30-14-18-36-25-35(20-21-38(36)43(30)39)32-15-16-34-26-37(19-17-33(34)24-32)41-27-48-23-5-22-46-45(48)47-41/h2-27H,1H3. The molecule has 0 fully saturated rings. The topological polar surface area (TPSA) is 30.2 Å². The van der Waals surface area contributed by atoms with Crippen molar-refractivity contribution in [2.75, 3.05) is 0 Å². The average molecular weight is 612 g/mol. The van der Waals surface area contributed by atoms with Crippen LogP contribution in [0.2, 0.25) is 0 Å². The van der Waals surface area contributed by atoms with Gasteiger partial charge in [0.2, 0.25) is 5.78 Å². The van der Waals surface area contributed by atoms with Crippen molar-refractivity contribution >= 4 is 59.6 Å². The summed E-state index contributed by atoms with van der Waals surface area (Å²) in [5.74, 6) is 0.708. The Morgan fingerprint density at radius 2 is 1.06 bits per heavy atom. The summed E-state index contributed by atoms with van der Waals surface area (Å²) in [5.41, 5.74) is 8.29. The molecule has 10 aromatic rings. The van der Waals surface area contributed by atoms with Gasteiger partial charge in [0.15, 0.2) is 0 Å². The Labute approximate surface area is 277 Å². The van der Waals surface area contributed by atoms with Crippen LogP contribution < -0.4 is 0 Å². The van der Waals surface area contributed by atoms with Gasteiger partial charge in [-0.3, -0.25) is 4.40 Å². The van der Waals surface area contributed by atoms with E-state index in [-0.39, 0.29) is 0 Å². The van der Waals surface area contributed by atoms with Gasteiger partial charge in [0.25, 0.3) is 0 Å². The zero-order chi connectivity index (χ0) is 31.8. The van der Waals surface area contributed by atoms with Crippen LogP contribution in [0.15, 0.2) is 158 Å². The number of hydrogen-bond donors (Lipinski definition) is 0. The maximum absolute atomic E-state index is 4.71. The molecule has 2 heterocycles. The molecule has 8 aromatic carbocycles. The third kappa shape index (κ3) is 4.14. The Kier molecular flexibility index (Phi) is 5.79. The summed E-state index contributed by atoms with van der Waals surface area (Å²) in [6.07, 6.45) is 5.78. The highest BCUT2D eigenvalue weighted by atomic mass is 15.1. The molecule has 0 aliphatic rings. The summed E-state index contributed by atoms with van der Waals surface area (Å²) < 4.78 is 1.96. The van der Waals surface area contributed by atoms with E-state index in [0.717, 1.165) is 11.3 Å². The fourth-order valence-electron chi connectivity index (χ4n) is 7.64. The number of rotatable bonds is 3. The van der Waals surface area contributed by atoms with Crippen LogP contribution in [-0.4, -0.2) is 14.4 Å². The predicted molar refractivity (Wildman–Crippen MR) is 202 cm³/mol. The summed E-state index contributed by atoms with van der Waals surface area (Å²) in [4.78, 5) is 9.09. The highest BCUT2D eigenvalue weighted by Gasteiger charge is 2.14. The second kappa shape index (κ2) is 10.3. The smallest absolute Gasteiger partial charge is 0.234 e. The Bertz CT molecular complexity index is 2880. The molecule has 0 N–H and O–H groups in total. The first-order chi connectivity index (χ1) is 23.7. The van der Waals surface area contributed by atoms with Crippen LogP contribution in [0.3, 0.4) is 0 Å². The molecule has 0 spiro atoms. The maximum Gasteiger partial charge on any atom is 0.234 e. The molecule has 0 atom stereocenters. The van der Waals surface area contributed by atoms with Gasteiger partial charge in [-0.2, -0.15) is 0 Å². The molecule has 3 heteroatoms. The van der Waals surface area contributed by atoms with E-state index in [2.05, 4.69) is 145 Å². The molecular formula is C45H29N3. The van der Waals surface area contributed by atoms with Crippen molar-refractivity contribution in [1.29, 1.82) is 0 Å². The molecule has 0 amide bonds. The first-order valence-electron chi connectivity index (χ1n) is 16.4. The van der Waals surface area contributed by atoms with Crippen LogP contribution in [0.1, 0.15) is 5.56 Å². The number of nitrogens with zero attached hydrogens (tertiary/aromatic N) is 3. The van der Waals surface area contributed by atoms with Crippen molar-refractivity contribution in [2.24, 2.45) is 0 Å². The lowest BCUT2D eigenvalue weighted by atomic mass is 9.88. The highest BCUT2D eigenvalue weighted by Crippen LogP contribution is 2.41. The van der Waals surface area contributed by atoms with Crippen molar-refractivity contribution in [3.63, 3.8) is 0 Å². The minimum absolute atomic E-state index is 0.708. The number of aromatic nitrogens is 3. The van der Waals surface area contributed by atoms with Crippen LogP contribution in [0.25, 0.3) is 93.2 Å². The van der Waals surface area contributed by atoms with E-state index in [1.54, 1.807) is 6.20 Å². The lowest BCUT2D eigenvalue weighted by Crippen LogP contribution is -1.89. The van der Waals surface area contributed by atoms with Crippen LogP contribution in [0.4, 0.5) is 0 Å². The van der Waals surface area contributed by atoms with E-state index in [1.807, 2.05) is 22.9 Å². The number of benzene rings is 8. The molecule has 3 nitrogen and oxygen atoms in total. The Morgan fingerprint density at radius 1 is 0.479 bits per heavy atom. The third-order valence-corrected chi connectivity index (χ3v) is 9.95. The third-order valence-electron chi connectivity index (χ3n) is 9.95. The van der Waals surface area contributed by atoms with Crippen molar-refractivity contribution < 1.29 is 0 Å². The van der Waals surface area contributed by atoms with E-state index in [0.29, 0.717) is 5.78 Å². The molecular weight excluding hydrogens is 583 g/mol. The number of imidazole rings is 1. The van der Waals surface area contributed by atoms with E-state index in [4.69, 9.17) is 4.98 Å². The van der Waals surface area contributed by atoms with E-state index in [1.165, 1.54) is 81.7 Å². The minimum atomic E-state index is 0.708. The van der Waals surface area contributed by atoms with Crippen molar-refractivity contribution in [2.45, 2.75) is 6.92 Å². The van der Waals surface area contributed by atoms with Gasteiger partial charge in [-0.15, -0.1) is 0 Å². The molecule has 0 saturated carbocycles. The number of aryl methyl sites for hydroxylation is 1. The van der Waals surface area contributed by atoms with Crippen LogP contribution in [0, 0.1) is 6.92 Å². The largest absolute Gasteiger partial charge is 0.291 e. The minimum Gasteiger partial charge on any atom is -0.291 e. The quantitative estimate of drug-likeness (QED) is 0.186. The van der Waals surface area contributed by atoms with E-state index < -0.39 is 0 Å². The predicted octanol–water partition coefficient (Wildman–Crippen LogP) is 11.8. The second-order valence-corrected chi connectivity index (χ2v) is 12.8. The summed E-state index contributed by atoms with van der Waals surface area (Å²) in [6.45, 7) is 2.23. The van der Waals surface area contributed by atoms with Crippen molar-refractivity contribution in [1.82, 2.24) is 14.4 Å². The van der Waals surface area contributed by atoms with Crippen LogP contribution in [0.5, 0.6) is 0 Å². The van der Waals surface area contributed by atoms with Gasteiger partial charge in [0, 0.05) is 24.2 Å². The Hall–Kier alpha value is -6.32.